The maximum atomic E-state index is 8.44. The summed E-state index contributed by atoms with van der Waals surface area (Å²) in [6.07, 6.45) is 3.02. The summed E-state index contributed by atoms with van der Waals surface area (Å²) in [5, 5.41) is 9.71. The molecule has 3 nitrogen and oxygen atoms in total. The molecule has 1 saturated carbocycles. The number of phenols is 1. The second-order valence-corrected chi connectivity index (χ2v) is 5.24. The standard InChI is InChI=1S/C15H23NO2/c1-16(2)11-13-6-3-4-9-15(13,18)12-7-5-8-14(17)10-12/h5,7-8,10,13,17-18H,3-4,6,9,11H2,1-2H3/t13-,15+/m0/s1/i11D2,18D/hD. The Morgan fingerprint density at radius 2 is 2.39 bits per heavy atom. The quantitative estimate of drug-likeness (QED) is 0.846. The highest BCUT2D eigenvalue weighted by molar-refractivity contribution is 5.32. The predicted octanol–water partition coefficient (Wildman–Crippen LogP) is 2.33. The molecule has 3 heteroatoms. The molecule has 1 aliphatic rings. The van der Waals surface area contributed by atoms with Gasteiger partial charge in [-0.1, -0.05) is 25.0 Å². The van der Waals surface area contributed by atoms with E-state index in [0.29, 0.717) is 24.2 Å². The second kappa shape index (κ2) is 5.29. The summed E-state index contributed by atoms with van der Waals surface area (Å²) in [4.78, 5) is 1.54. The molecule has 1 aliphatic carbocycles. The van der Waals surface area contributed by atoms with Crippen LogP contribution in [0.2, 0.25) is 0 Å². The van der Waals surface area contributed by atoms with Gasteiger partial charge in [0.25, 0.3) is 1.43 Å². The van der Waals surface area contributed by atoms with E-state index in [2.05, 4.69) is 5.11 Å². The van der Waals surface area contributed by atoms with Crippen molar-refractivity contribution in [3.05, 3.63) is 29.8 Å². The van der Waals surface area contributed by atoms with Crippen LogP contribution in [0.15, 0.2) is 24.3 Å². The van der Waals surface area contributed by atoms with Crippen LogP contribution in [0.4, 0.5) is 0 Å². The van der Waals surface area contributed by atoms with Gasteiger partial charge in [-0.05, 0) is 44.6 Å². The van der Waals surface area contributed by atoms with E-state index in [1.807, 2.05) is 6.07 Å². The van der Waals surface area contributed by atoms with E-state index >= 15 is 0 Å². The van der Waals surface area contributed by atoms with Crippen LogP contribution in [0.25, 0.3) is 0 Å². The minimum Gasteiger partial charge on any atom is -0.508 e. The molecule has 0 heterocycles. The summed E-state index contributed by atoms with van der Waals surface area (Å²) in [6.45, 7) is -1.60. The third kappa shape index (κ3) is 2.68. The van der Waals surface area contributed by atoms with Crippen molar-refractivity contribution in [2.24, 2.45) is 5.92 Å². The summed E-state index contributed by atoms with van der Waals surface area (Å²) < 4.78 is 31.6. The van der Waals surface area contributed by atoms with Crippen molar-refractivity contribution in [3.63, 3.8) is 0 Å². The van der Waals surface area contributed by atoms with Crippen molar-refractivity contribution in [1.29, 1.82) is 2.86 Å². The van der Waals surface area contributed by atoms with Gasteiger partial charge in [0, 0.05) is 15.2 Å². The molecular weight excluding hydrogens is 226 g/mol. The molecule has 2 N–H and O–H groups in total. The molecule has 0 amide bonds. The predicted molar refractivity (Wildman–Crippen MR) is 72.5 cm³/mol. The van der Waals surface area contributed by atoms with E-state index in [1.165, 1.54) is 0 Å². The fraction of sp³-hybridized carbons (Fsp3) is 0.600. The summed E-state index contributed by atoms with van der Waals surface area (Å²) in [7, 11) is 3.40. The minimum absolute atomic E-state index is 0.365. The fourth-order valence-corrected chi connectivity index (χ4v) is 2.73. The van der Waals surface area contributed by atoms with E-state index in [0.717, 1.165) is 12.8 Å². The third-order valence-electron chi connectivity index (χ3n) is 3.59. The topological polar surface area (TPSA) is 43.7 Å². The SMILES string of the molecule is [2H]Oc1cccc([C@]2(O[2H])CCCC[C@H]2C([2H])([2H])N(C)C)c1. The van der Waals surface area contributed by atoms with Crippen LogP contribution in [0.1, 0.15) is 34.0 Å². The molecule has 0 unspecified atom stereocenters. The molecule has 2 atom stereocenters. The number of nitrogens with zero attached hydrogens (tertiary/aromatic N) is 1. The Bertz CT molecular complexity index is 512. The number of benzene rings is 1. The Morgan fingerprint density at radius 3 is 3.11 bits per heavy atom. The molecule has 0 bridgehead atoms. The van der Waals surface area contributed by atoms with E-state index in [4.69, 9.17) is 10.7 Å². The number of hydrogen-bond donors (Lipinski definition) is 2. The van der Waals surface area contributed by atoms with Crippen LogP contribution in [0, 0.1) is 5.92 Å². The normalized spacial score (nSPS) is 32.3. The van der Waals surface area contributed by atoms with Crippen molar-refractivity contribution >= 4 is 0 Å². The molecule has 100 valence electrons. The van der Waals surface area contributed by atoms with Gasteiger partial charge in [-0.25, -0.2) is 0 Å². The Hall–Kier alpha value is -1.06. The number of rotatable bonds is 5. The van der Waals surface area contributed by atoms with Crippen molar-refractivity contribution in [1.82, 2.24) is 4.90 Å². The third-order valence-corrected chi connectivity index (χ3v) is 3.59. The lowest BCUT2D eigenvalue weighted by Crippen LogP contribution is -2.43. The second-order valence-electron chi connectivity index (χ2n) is 5.24. The summed E-state index contributed by atoms with van der Waals surface area (Å²) >= 11 is 0. The minimum atomic E-state index is -1.60. The Morgan fingerprint density at radius 1 is 1.50 bits per heavy atom. The fourth-order valence-electron chi connectivity index (χ4n) is 2.73. The van der Waals surface area contributed by atoms with Gasteiger partial charge >= 0.3 is 0 Å². The largest absolute Gasteiger partial charge is 0.508 e. The summed E-state index contributed by atoms with van der Waals surface area (Å²) in [5.74, 6) is -0.106. The number of aromatic hydroxyl groups is 1. The average molecular weight is 253 g/mol. The Kier molecular flexibility index (Phi) is 2.63. The van der Waals surface area contributed by atoms with Gasteiger partial charge < -0.3 is 15.1 Å². The Balaban J connectivity index is 2.51. The van der Waals surface area contributed by atoms with Gasteiger partial charge in [-0.2, -0.15) is 0 Å². The maximum Gasteiger partial charge on any atom is 0.293 e. The zero-order valence-electron chi connectivity index (χ0n) is 15.0. The first kappa shape index (κ1) is 8.94. The molecule has 0 aromatic heterocycles. The summed E-state index contributed by atoms with van der Waals surface area (Å²) in [5.41, 5.74) is -0.330. The molecule has 0 spiro atoms. The van der Waals surface area contributed by atoms with Gasteiger partial charge in [0.1, 0.15) is 5.75 Å². The number of hydrogen-bond acceptors (Lipinski definition) is 3. The smallest absolute Gasteiger partial charge is 0.293 e. The zero-order valence-corrected chi connectivity index (χ0v) is 11.0. The molecule has 1 aromatic rings. The van der Waals surface area contributed by atoms with E-state index < -0.39 is 18.0 Å². The summed E-state index contributed by atoms with van der Waals surface area (Å²) in [6, 6.07) is 6.90. The van der Waals surface area contributed by atoms with Gasteiger partial charge in [0.2, 0.25) is 1.43 Å². The average Bonchev–Trinajstić information content (AvgIpc) is 2.54. The van der Waals surface area contributed by atoms with Gasteiger partial charge in [-0.15, -0.1) is 0 Å². The van der Waals surface area contributed by atoms with Crippen molar-refractivity contribution in [3.8, 4) is 5.75 Å². The zero-order chi connectivity index (χ0) is 16.4. The lowest BCUT2D eigenvalue weighted by atomic mass is 9.71. The van der Waals surface area contributed by atoms with Gasteiger partial charge in [0.15, 0.2) is 0 Å². The first-order valence-corrected chi connectivity index (χ1v) is 6.44. The number of phenolic OH excluding ortho intramolecular Hbond substituents is 1. The highest BCUT2D eigenvalue weighted by Gasteiger charge is 2.40. The monoisotopic (exact) mass is 253 g/mol. The van der Waals surface area contributed by atoms with E-state index in [1.54, 1.807) is 37.2 Å². The van der Waals surface area contributed by atoms with Crippen LogP contribution in [0.5, 0.6) is 5.75 Å². The van der Waals surface area contributed by atoms with Gasteiger partial charge in [-0.3, -0.25) is 0 Å². The first-order chi connectivity index (χ1) is 10.4. The van der Waals surface area contributed by atoms with E-state index in [-0.39, 0.29) is 0 Å². The molecule has 0 aliphatic heterocycles. The molecule has 2 rings (SSSR count). The maximum absolute atomic E-state index is 8.44. The highest BCUT2D eigenvalue weighted by atomic mass is 16.3. The van der Waals surface area contributed by atoms with Crippen LogP contribution in [0.3, 0.4) is 0 Å². The van der Waals surface area contributed by atoms with Crippen molar-refractivity contribution < 1.29 is 13.0 Å². The van der Waals surface area contributed by atoms with Gasteiger partial charge in [0.05, 0.1) is 5.60 Å². The lowest BCUT2D eigenvalue weighted by molar-refractivity contribution is -0.0619. The van der Waals surface area contributed by atoms with Crippen molar-refractivity contribution in [2.75, 3.05) is 20.6 Å². The molecule has 1 fully saturated rings. The van der Waals surface area contributed by atoms with E-state index in [9.17, 15) is 0 Å². The van der Waals surface area contributed by atoms with Crippen LogP contribution in [-0.2, 0) is 5.60 Å². The molecule has 18 heavy (non-hydrogen) atoms. The van der Waals surface area contributed by atoms with Crippen LogP contribution in [-0.4, -0.2) is 38.6 Å². The molecule has 0 radical (unpaired) electrons. The molecule has 1 aromatic carbocycles. The number of aliphatic hydroxyl groups is 1. The van der Waals surface area contributed by atoms with Crippen LogP contribution < -0.4 is 0 Å². The van der Waals surface area contributed by atoms with Crippen LogP contribution >= 0.6 is 0 Å². The molecule has 0 saturated heterocycles. The first-order valence-electron chi connectivity index (χ1n) is 8.25. The van der Waals surface area contributed by atoms with Crippen molar-refractivity contribution in [2.45, 2.75) is 31.3 Å². The Labute approximate surface area is 115 Å². The highest BCUT2D eigenvalue weighted by Crippen LogP contribution is 2.42. The lowest BCUT2D eigenvalue weighted by Gasteiger charge is -2.41. The molecular formula is C15H23NO2.